The highest BCUT2D eigenvalue weighted by Crippen LogP contribution is 2.34. The lowest BCUT2D eigenvalue weighted by Gasteiger charge is -2.23. The van der Waals surface area contributed by atoms with E-state index in [-0.39, 0.29) is 0 Å². The molecule has 2 aromatic carbocycles. The van der Waals surface area contributed by atoms with Crippen molar-refractivity contribution in [1.82, 2.24) is 10.2 Å². The van der Waals surface area contributed by atoms with Crippen molar-refractivity contribution < 1.29 is 14.4 Å². The number of aryl methyl sites for hydroxylation is 1. The SMILES string of the molecule is Cc1cc(Br)c(NC(=O)CN2C(=O)N[C@](C)(c3ccccc3Cl)C2=O)c(Br)c1. The molecule has 0 saturated carbocycles. The molecule has 4 amide bonds. The number of urea groups is 1. The number of nitrogens with one attached hydrogen (secondary N) is 2. The van der Waals surface area contributed by atoms with Crippen molar-refractivity contribution in [2.45, 2.75) is 19.4 Å². The number of carbonyl (C=O) groups is 3. The second-order valence-corrected chi connectivity index (χ2v) is 8.69. The minimum absolute atomic E-state index is 0.359. The third-order valence-electron chi connectivity index (χ3n) is 4.44. The molecule has 1 heterocycles. The van der Waals surface area contributed by atoms with Crippen molar-refractivity contribution in [3.8, 4) is 0 Å². The Hall–Kier alpha value is -1.90. The number of rotatable bonds is 4. The Morgan fingerprint density at radius 3 is 2.43 bits per heavy atom. The van der Waals surface area contributed by atoms with Crippen LogP contribution in [0.4, 0.5) is 10.5 Å². The molecule has 1 aliphatic heterocycles. The van der Waals surface area contributed by atoms with E-state index in [0.717, 1.165) is 10.5 Å². The Balaban J connectivity index is 1.80. The summed E-state index contributed by atoms with van der Waals surface area (Å²) in [5, 5.41) is 5.72. The third-order valence-corrected chi connectivity index (χ3v) is 6.02. The monoisotopic (exact) mass is 527 g/mol. The highest BCUT2D eigenvalue weighted by Gasteiger charge is 2.50. The molecular weight excluding hydrogens is 513 g/mol. The summed E-state index contributed by atoms with van der Waals surface area (Å²) in [6.45, 7) is 3.07. The zero-order chi connectivity index (χ0) is 20.6. The first-order valence-corrected chi connectivity index (χ1v) is 10.2. The highest BCUT2D eigenvalue weighted by atomic mass is 79.9. The summed E-state index contributed by atoms with van der Waals surface area (Å²) in [5.74, 6) is -1.04. The van der Waals surface area contributed by atoms with Gasteiger partial charge in [0.25, 0.3) is 5.91 Å². The smallest absolute Gasteiger partial charge is 0.323 e. The van der Waals surface area contributed by atoms with Crippen LogP contribution < -0.4 is 10.6 Å². The van der Waals surface area contributed by atoms with Crippen molar-refractivity contribution in [2.24, 2.45) is 0 Å². The quantitative estimate of drug-likeness (QED) is 0.570. The van der Waals surface area contributed by atoms with Crippen LogP contribution in [0.25, 0.3) is 0 Å². The number of nitrogens with zero attached hydrogens (tertiary/aromatic N) is 1. The molecule has 9 heteroatoms. The van der Waals surface area contributed by atoms with Gasteiger partial charge in [-0.05, 0) is 69.5 Å². The van der Waals surface area contributed by atoms with Gasteiger partial charge in [-0.3, -0.25) is 14.5 Å². The summed E-state index contributed by atoms with van der Waals surface area (Å²) in [7, 11) is 0. The molecule has 6 nitrogen and oxygen atoms in total. The lowest BCUT2D eigenvalue weighted by atomic mass is 9.92. The molecule has 1 saturated heterocycles. The topological polar surface area (TPSA) is 78.5 Å². The zero-order valence-corrected chi connectivity index (χ0v) is 18.9. The first-order chi connectivity index (χ1) is 13.1. The van der Waals surface area contributed by atoms with Gasteiger partial charge in [0, 0.05) is 19.5 Å². The van der Waals surface area contributed by atoms with Gasteiger partial charge in [0.2, 0.25) is 5.91 Å². The standard InChI is InChI=1S/C19H16Br2ClN3O3/c1-10-7-12(20)16(13(21)8-10)23-15(26)9-25-17(27)19(2,24-18(25)28)11-5-3-4-6-14(11)22/h3-8H,9H2,1-2H3,(H,23,26)(H,24,28)/t19-/m1/s1. The van der Waals surface area contributed by atoms with Gasteiger partial charge in [-0.1, -0.05) is 29.8 Å². The Labute approximate surface area is 183 Å². The molecule has 0 aliphatic carbocycles. The molecule has 0 unspecified atom stereocenters. The Morgan fingerprint density at radius 2 is 1.82 bits per heavy atom. The molecule has 3 rings (SSSR count). The van der Waals surface area contributed by atoms with Crippen LogP contribution in [0.2, 0.25) is 5.02 Å². The zero-order valence-electron chi connectivity index (χ0n) is 15.0. The predicted molar refractivity (Wildman–Crippen MR) is 114 cm³/mol. The van der Waals surface area contributed by atoms with Gasteiger partial charge in [0.15, 0.2) is 0 Å². The van der Waals surface area contributed by atoms with Gasteiger partial charge in [0.1, 0.15) is 12.1 Å². The van der Waals surface area contributed by atoms with Gasteiger partial charge >= 0.3 is 6.03 Å². The molecule has 28 heavy (non-hydrogen) atoms. The molecule has 0 aromatic heterocycles. The number of anilines is 1. The van der Waals surface area contributed by atoms with Crippen LogP contribution in [0.15, 0.2) is 45.3 Å². The number of amides is 4. The largest absolute Gasteiger partial charge is 0.325 e. The van der Waals surface area contributed by atoms with E-state index < -0.39 is 29.9 Å². The summed E-state index contributed by atoms with van der Waals surface area (Å²) in [6.07, 6.45) is 0. The highest BCUT2D eigenvalue weighted by molar-refractivity contribution is 9.11. The Kier molecular flexibility index (Phi) is 5.84. The number of hydrogen-bond donors (Lipinski definition) is 2. The molecule has 2 aromatic rings. The van der Waals surface area contributed by atoms with Crippen LogP contribution in [-0.2, 0) is 15.1 Å². The normalized spacial score (nSPS) is 19.0. The van der Waals surface area contributed by atoms with E-state index >= 15 is 0 Å². The third kappa shape index (κ3) is 3.81. The fraction of sp³-hybridized carbons (Fsp3) is 0.211. The van der Waals surface area contributed by atoms with Crippen LogP contribution in [0, 0.1) is 6.92 Å². The minimum Gasteiger partial charge on any atom is -0.323 e. The summed E-state index contributed by atoms with van der Waals surface area (Å²) < 4.78 is 1.37. The maximum Gasteiger partial charge on any atom is 0.325 e. The van der Waals surface area contributed by atoms with Gasteiger partial charge in [-0.15, -0.1) is 0 Å². The average Bonchev–Trinajstić information content (AvgIpc) is 2.82. The second-order valence-electron chi connectivity index (χ2n) is 6.58. The van der Waals surface area contributed by atoms with E-state index in [0.29, 0.717) is 25.2 Å². The molecule has 1 atom stereocenters. The number of benzene rings is 2. The first kappa shape index (κ1) is 20.8. The van der Waals surface area contributed by atoms with Crippen LogP contribution >= 0.6 is 43.5 Å². The molecule has 146 valence electrons. The van der Waals surface area contributed by atoms with Crippen LogP contribution in [0.3, 0.4) is 0 Å². The number of imide groups is 1. The fourth-order valence-electron chi connectivity index (χ4n) is 3.03. The molecular formula is C19H16Br2ClN3O3. The van der Waals surface area contributed by atoms with Crippen molar-refractivity contribution in [2.75, 3.05) is 11.9 Å². The van der Waals surface area contributed by atoms with Gasteiger partial charge in [0.05, 0.1) is 5.69 Å². The van der Waals surface area contributed by atoms with E-state index in [1.807, 2.05) is 19.1 Å². The summed E-state index contributed by atoms with van der Waals surface area (Å²) in [6, 6.07) is 9.83. The number of halogens is 3. The van der Waals surface area contributed by atoms with Gasteiger partial charge < -0.3 is 10.6 Å². The fourth-order valence-corrected chi connectivity index (χ4v) is 4.97. The van der Waals surface area contributed by atoms with E-state index in [9.17, 15) is 14.4 Å². The summed E-state index contributed by atoms with van der Waals surface area (Å²) in [4.78, 5) is 38.7. The molecule has 0 radical (unpaired) electrons. The first-order valence-electron chi connectivity index (χ1n) is 8.28. The van der Waals surface area contributed by atoms with Crippen molar-refractivity contribution in [3.05, 3.63) is 61.5 Å². The van der Waals surface area contributed by atoms with Crippen LogP contribution in [0.5, 0.6) is 0 Å². The summed E-state index contributed by atoms with van der Waals surface area (Å²) >= 11 is 13.0. The molecule has 1 fully saturated rings. The Morgan fingerprint density at radius 1 is 1.21 bits per heavy atom. The van der Waals surface area contributed by atoms with Crippen molar-refractivity contribution in [1.29, 1.82) is 0 Å². The van der Waals surface area contributed by atoms with Crippen LogP contribution in [-0.4, -0.2) is 29.3 Å². The van der Waals surface area contributed by atoms with E-state index in [1.165, 1.54) is 0 Å². The maximum absolute atomic E-state index is 12.9. The maximum atomic E-state index is 12.9. The van der Waals surface area contributed by atoms with E-state index in [4.69, 9.17) is 11.6 Å². The van der Waals surface area contributed by atoms with Gasteiger partial charge in [-0.25, -0.2) is 4.79 Å². The molecule has 2 N–H and O–H groups in total. The minimum atomic E-state index is -1.33. The average molecular weight is 530 g/mol. The van der Waals surface area contributed by atoms with E-state index in [1.54, 1.807) is 31.2 Å². The Bertz CT molecular complexity index is 975. The molecule has 0 bridgehead atoms. The predicted octanol–water partition coefficient (Wildman–Crippen LogP) is 4.58. The number of carbonyl (C=O) groups excluding carboxylic acids is 3. The number of hydrogen-bond acceptors (Lipinski definition) is 3. The second kappa shape index (κ2) is 7.85. The summed E-state index contributed by atoms with van der Waals surface area (Å²) in [5.41, 5.74) is 0.667. The van der Waals surface area contributed by atoms with E-state index in [2.05, 4.69) is 42.5 Å². The van der Waals surface area contributed by atoms with Crippen molar-refractivity contribution >= 4 is 67.0 Å². The van der Waals surface area contributed by atoms with Gasteiger partial charge in [-0.2, -0.15) is 0 Å². The lowest BCUT2D eigenvalue weighted by molar-refractivity contribution is -0.133. The molecule has 1 aliphatic rings. The van der Waals surface area contributed by atoms with Crippen molar-refractivity contribution in [3.63, 3.8) is 0 Å². The van der Waals surface area contributed by atoms with Crippen LogP contribution in [0.1, 0.15) is 18.1 Å². The molecule has 0 spiro atoms. The lowest BCUT2D eigenvalue weighted by Crippen LogP contribution is -2.42.